The van der Waals surface area contributed by atoms with E-state index in [-0.39, 0.29) is 0 Å². The zero-order valence-corrected chi connectivity index (χ0v) is 7.03. The van der Waals surface area contributed by atoms with Crippen molar-refractivity contribution >= 4 is 16.5 Å². The fourth-order valence-corrected chi connectivity index (χ4v) is 1.20. The molecule has 2 N–H and O–H groups in total. The van der Waals surface area contributed by atoms with E-state index in [1.807, 2.05) is 0 Å². The van der Waals surface area contributed by atoms with Crippen LogP contribution in [0.5, 0.6) is 0 Å². The monoisotopic (exact) mass is 204 g/mol. The molecule has 0 aromatic rings. The number of hydrogen-bond acceptors (Lipinski definition) is 7. The lowest BCUT2D eigenvalue weighted by Gasteiger charge is -1.75. The maximum Gasteiger partial charge on any atom is 0.750 e. The molecule has 0 saturated heterocycles. The van der Waals surface area contributed by atoms with Crippen LogP contribution >= 0.6 is 16.5 Å². The molecule has 2 atom stereocenters. The van der Waals surface area contributed by atoms with Crippen molar-refractivity contribution in [1.82, 2.24) is 0 Å². The van der Waals surface area contributed by atoms with Gasteiger partial charge in [-0.15, -0.1) is 0 Å². The number of aliphatic hydroxyl groups is 2. The van der Waals surface area contributed by atoms with Gasteiger partial charge in [-0.2, -0.15) is 0 Å². The first-order valence-corrected chi connectivity index (χ1v) is 4.50. The van der Waals surface area contributed by atoms with E-state index in [0.717, 1.165) is 0 Å². The van der Waals surface area contributed by atoms with Gasteiger partial charge in [0.1, 0.15) is 0 Å². The van der Waals surface area contributed by atoms with E-state index in [0.29, 0.717) is 0 Å². The van der Waals surface area contributed by atoms with Crippen LogP contribution in [0.15, 0.2) is 0 Å². The molecule has 0 aromatic carbocycles. The van der Waals surface area contributed by atoms with E-state index in [9.17, 15) is 9.13 Å². The first-order valence-electron chi connectivity index (χ1n) is 2.31. The molecule has 11 heavy (non-hydrogen) atoms. The molecule has 9 heteroatoms. The number of hydrogen-bond donors (Lipinski definition) is 2. The van der Waals surface area contributed by atoms with Crippen LogP contribution in [0.3, 0.4) is 0 Å². The highest BCUT2D eigenvalue weighted by molar-refractivity contribution is 7.47. The van der Waals surface area contributed by atoms with Crippen LogP contribution in [0.4, 0.5) is 0 Å². The van der Waals surface area contributed by atoms with Gasteiger partial charge in [-0.05, 0) is 0 Å². The summed E-state index contributed by atoms with van der Waals surface area (Å²) in [5.41, 5.74) is 0. The largest absolute Gasteiger partial charge is 0.750 e. The second-order valence-electron chi connectivity index (χ2n) is 1.05. The topological polar surface area (TPSA) is 102 Å². The Bertz CT molecular complexity index is 129. The van der Waals surface area contributed by atoms with Crippen LogP contribution < -0.4 is 0 Å². The number of rotatable bonds is 6. The molecule has 0 aliphatic rings. The van der Waals surface area contributed by atoms with Gasteiger partial charge in [-0.3, -0.25) is 0 Å². The molecule has 2 unspecified atom stereocenters. The van der Waals surface area contributed by atoms with Gasteiger partial charge in [-0.25, -0.2) is 0 Å². The normalized spacial score (nSPS) is 12.9. The van der Waals surface area contributed by atoms with E-state index in [4.69, 9.17) is 10.2 Å². The van der Waals surface area contributed by atoms with Crippen molar-refractivity contribution < 1.29 is 32.7 Å². The average Bonchev–Trinajstić information content (AvgIpc) is 1.87. The van der Waals surface area contributed by atoms with Crippen LogP contribution in [0.2, 0.25) is 0 Å². The Kier molecular flexibility index (Phi) is 6.69. The van der Waals surface area contributed by atoms with Gasteiger partial charge in [0.25, 0.3) is 0 Å². The van der Waals surface area contributed by atoms with E-state index >= 15 is 0 Å². The minimum absolute atomic E-state index is 0.808. The first-order chi connectivity index (χ1) is 5.20. The molecule has 0 aliphatic carbocycles. The molecule has 0 fully saturated rings. The third kappa shape index (κ3) is 6.40. The van der Waals surface area contributed by atoms with Crippen LogP contribution in [0.25, 0.3) is 0 Å². The molecule has 0 aliphatic heterocycles. The Balaban J connectivity index is 3.49. The van der Waals surface area contributed by atoms with Crippen molar-refractivity contribution in [3.05, 3.63) is 0 Å². The van der Waals surface area contributed by atoms with Gasteiger partial charge in [-0.1, -0.05) is 9.05 Å². The Morgan fingerprint density at radius 3 is 1.64 bits per heavy atom. The molecular formula is C2H6O7P2+2. The summed E-state index contributed by atoms with van der Waals surface area (Å²) in [6.45, 7) is -1.62. The summed E-state index contributed by atoms with van der Waals surface area (Å²) in [6, 6.07) is 0. The lowest BCUT2D eigenvalue weighted by molar-refractivity contribution is 0.0834. The summed E-state index contributed by atoms with van der Waals surface area (Å²) >= 11 is 0. The Labute approximate surface area is 63.8 Å². The van der Waals surface area contributed by atoms with Gasteiger partial charge >= 0.3 is 16.5 Å². The summed E-state index contributed by atoms with van der Waals surface area (Å²) in [6.07, 6.45) is 0. The van der Waals surface area contributed by atoms with Crippen LogP contribution in [0, 0.1) is 0 Å². The summed E-state index contributed by atoms with van der Waals surface area (Å²) in [5, 5.41) is 16.0. The molecule has 0 radical (unpaired) electrons. The predicted octanol–water partition coefficient (Wildman–Crippen LogP) is 0.251. The highest BCUT2D eigenvalue weighted by Gasteiger charge is 2.39. The minimum atomic E-state index is -2.65. The van der Waals surface area contributed by atoms with E-state index < -0.39 is 30.1 Å². The van der Waals surface area contributed by atoms with Crippen molar-refractivity contribution in [2.24, 2.45) is 0 Å². The third-order valence-corrected chi connectivity index (χ3v) is 2.18. The molecule has 0 saturated carbocycles. The third-order valence-electron chi connectivity index (χ3n) is 0.460. The van der Waals surface area contributed by atoms with Gasteiger partial charge in [0.2, 0.25) is 13.6 Å². The Morgan fingerprint density at radius 2 is 1.36 bits per heavy atom. The van der Waals surface area contributed by atoms with Crippen LogP contribution in [-0.4, -0.2) is 23.8 Å². The molecule has 0 spiro atoms. The zero-order valence-electron chi connectivity index (χ0n) is 5.24. The van der Waals surface area contributed by atoms with E-state index in [1.54, 1.807) is 0 Å². The zero-order chi connectivity index (χ0) is 8.69. The Morgan fingerprint density at radius 1 is 1.00 bits per heavy atom. The molecule has 0 amide bonds. The SMILES string of the molecule is O=[P+](OCO)O[P+](=O)OCO. The van der Waals surface area contributed by atoms with Gasteiger partial charge < -0.3 is 10.2 Å². The molecule has 64 valence electrons. The summed E-state index contributed by atoms with van der Waals surface area (Å²) in [7, 11) is -5.30. The van der Waals surface area contributed by atoms with E-state index in [2.05, 4.69) is 13.4 Å². The fraction of sp³-hybridized carbons (Fsp3) is 1.00. The molecule has 0 heterocycles. The lowest BCUT2D eigenvalue weighted by atomic mass is 11.6. The fourth-order valence-electron chi connectivity index (χ4n) is 0.196. The predicted molar refractivity (Wildman–Crippen MR) is 32.6 cm³/mol. The standard InChI is InChI=1S/C2H6O7P2/c3-1-7-10(5)9-11(6)8-2-4/h3-4H,1-2H2/q+2. The molecular weight excluding hydrogens is 198 g/mol. The summed E-state index contributed by atoms with van der Waals surface area (Å²) < 4.78 is 32.6. The second kappa shape index (κ2) is 6.69. The van der Waals surface area contributed by atoms with Gasteiger partial charge in [0.15, 0.2) is 4.31 Å². The minimum Gasteiger partial charge on any atom is -0.367 e. The highest BCUT2D eigenvalue weighted by Crippen LogP contribution is 2.38. The maximum atomic E-state index is 10.3. The molecule has 0 rings (SSSR count). The summed E-state index contributed by atoms with van der Waals surface area (Å²) in [5.74, 6) is 0. The van der Waals surface area contributed by atoms with Crippen molar-refractivity contribution in [1.29, 1.82) is 0 Å². The van der Waals surface area contributed by atoms with E-state index in [1.165, 1.54) is 0 Å². The quantitative estimate of drug-likeness (QED) is 0.472. The van der Waals surface area contributed by atoms with Crippen LogP contribution in [-0.2, 0) is 22.5 Å². The van der Waals surface area contributed by atoms with Crippen molar-refractivity contribution in [2.75, 3.05) is 13.6 Å². The Hall–Kier alpha value is -0.0000000000000000416. The maximum absolute atomic E-state index is 10.3. The smallest absolute Gasteiger partial charge is 0.367 e. The average molecular weight is 204 g/mol. The van der Waals surface area contributed by atoms with Gasteiger partial charge in [0, 0.05) is 9.13 Å². The van der Waals surface area contributed by atoms with Crippen molar-refractivity contribution in [3.63, 3.8) is 0 Å². The molecule has 7 nitrogen and oxygen atoms in total. The lowest BCUT2D eigenvalue weighted by Crippen LogP contribution is -1.84. The van der Waals surface area contributed by atoms with Crippen molar-refractivity contribution in [2.45, 2.75) is 0 Å². The second-order valence-corrected chi connectivity index (χ2v) is 3.11. The van der Waals surface area contributed by atoms with Gasteiger partial charge in [0.05, 0.1) is 0 Å². The summed E-state index contributed by atoms with van der Waals surface area (Å²) in [4.78, 5) is 0. The first kappa shape index (κ1) is 11.0. The highest BCUT2D eigenvalue weighted by atomic mass is 31.2. The molecule has 0 bridgehead atoms. The van der Waals surface area contributed by atoms with Crippen molar-refractivity contribution in [3.8, 4) is 0 Å². The molecule has 0 aromatic heterocycles. The number of aliphatic hydroxyl groups excluding tert-OH is 2. The van der Waals surface area contributed by atoms with Crippen LogP contribution in [0.1, 0.15) is 0 Å².